The Hall–Kier alpha value is -3.76. The van der Waals surface area contributed by atoms with Gasteiger partial charge in [-0.25, -0.2) is 22.7 Å². The fourth-order valence-electron chi connectivity index (χ4n) is 5.03. The summed E-state index contributed by atoms with van der Waals surface area (Å²) in [6.07, 6.45) is 0.762. The molecule has 4 N–H and O–H groups in total. The standard InChI is InChI=1S/C24H29N5O9S2/c1-27-8-2-4-16(27)22(32)25-14-10-17(23(33)34)28(12-14)19(30)6-7-20(31)29-13-15(11-18(29)24(35)36)26-40(37,38)21-5-3-9-39-21/h2-5,8-9,14-15,17-18,26H,6-7,10-13H2,1H3,(H,25,32)(H,33,34)(H,35,36)/t14-,15-,17-,18-/m0/s1. The van der Waals surface area contributed by atoms with Gasteiger partial charge >= 0.3 is 11.9 Å². The minimum Gasteiger partial charge on any atom is -0.480 e. The zero-order chi connectivity index (χ0) is 29.2. The zero-order valence-electron chi connectivity index (χ0n) is 21.4. The molecule has 2 aromatic rings. The molecule has 0 saturated carbocycles. The zero-order valence-corrected chi connectivity index (χ0v) is 23.1. The number of likely N-dealkylation sites (tertiary alicyclic amines) is 2. The smallest absolute Gasteiger partial charge is 0.326 e. The van der Waals surface area contributed by atoms with Crippen LogP contribution in [0.3, 0.4) is 0 Å². The van der Waals surface area contributed by atoms with E-state index in [-0.39, 0.29) is 36.6 Å². The Bertz CT molecular complexity index is 1410. The van der Waals surface area contributed by atoms with Crippen LogP contribution < -0.4 is 10.0 Å². The van der Waals surface area contributed by atoms with E-state index < -0.39 is 70.3 Å². The van der Waals surface area contributed by atoms with E-state index in [1.54, 1.807) is 41.4 Å². The van der Waals surface area contributed by atoms with Gasteiger partial charge in [-0.3, -0.25) is 14.4 Å². The molecule has 4 atom stereocenters. The highest BCUT2D eigenvalue weighted by Gasteiger charge is 2.43. The second-order valence-electron chi connectivity index (χ2n) is 9.70. The summed E-state index contributed by atoms with van der Waals surface area (Å²) in [5, 5.41) is 23.6. The summed E-state index contributed by atoms with van der Waals surface area (Å²) in [6, 6.07) is 2.33. The Kier molecular flexibility index (Phi) is 8.60. The third kappa shape index (κ3) is 6.34. The largest absolute Gasteiger partial charge is 0.480 e. The monoisotopic (exact) mass is 595 g/mol. The van der Waals surface area contributed by atoms with Gasteiger partial charge in [0.2, 0.25) is 21.8 Å². The lowest BCUT2D eigenvalue weighted by atomic mass is 10.1. The molecule has 0 bridgehead atoms. The number of carbonyl (C=O) groups is 5. The summed E-state index contributed by atoms with van der Waals surface area (Å²) in [4.78, 5) is 64.2. The van der Waals surface area contributed by atoms with Gasteiger partial charge in [0.1, 0.15) is 22.0 Å². The predicted molar refractivity (Wildman–Crippen MR) is 140 cm³/mol. The first-order chi connectivity index (χ1) is 18.9. The van der Waals surface area contributed by atoms with Gasteiger partial charge in [-0.05, 0) is 30.0 Å². The average molecular weight is 596 g/mol. The first-order valence-corrected chi connectivity index (χ1v) is 14.8. The van der Waals surface area contributed by atoms with Crippen LogP contribution in [-0.2, 0) is 36.2 Å². The molecule has 0 unspecified atom stereocenters. The van der Waals surface area contributed by atoms with E-state index in [9.17, 15) is 42.6 Å². The number of hydrogen-bond acceptors (Lipinski definition) is 8. The maximum atomic E-state index is 13.0. The van der Waals surface area contributed by atoms with Crippen molar-refractivity contribution in [1.29, 1.82) is 0 Å². The van der Waals surface area contributed by atoms with Crippen LogP contribution in [0, 0.1) is 0 Å². The van der Waals surface area contributed by atoms with Crippen molar-refractivity contribution in [3.05, 3.63) is 41.5 Å². The molecule has 0 aliphatic carbocycles. The number of sulfonamides is 1. The van der Waals surface area contributed by atoms with Crippen LogP contribution in [0.25, 0.3) is 0 Å². The summed E-state index contributed by atoms with van der Waals surface area (Å²) in [7, 11) is -2.20. The van der Waals surface area contributed by atoms with E-state index in [1.165, 1.54) is 6.07 Å². The molecule has 216 valence electrons. The Balaban J connectivity index is 1.35. The second-order valence-corrected chi connectivity index (χ2v) is 12.6. The van der Waals surface area contributed by atoms with E-state index in [4.69, 9.17) is 0 Å². The second kappa shape index (κ2) is 11.8. The molecule has 0 spiro atoms. The highest BCUT2D eigenvalue weighted by molar-refractivity contribution is 7.91. The summed E-state index contributed by atoms with van der Waals surface area (Å²) >= 11 is 1.00. The molecule has 2 fully saturated rings. The van der Waals surface area contributed by atoms with Crippen LogP contribution >= 0.6 is 11.3 Å². The Labute approximate surface area is 233 Å². The van der Waals surface area contributed by atoms with E-state index in [0.29, 0.717) is 5.69 Å². The lowest BCUT2D eigenvalue weighted by Gasteiger charge is -2.24. The van der Waals surface area contributed by atoms with Gasteiger partial charge in [0.05, 0.1) is 0 Å². The van der Waals surface area contributed by atoms with Crippen molar-refractivity contribution in [2.24, 2.45) is 7.05 Å². The van der Waals surface area contributed by atoms with Crippen molar-refractivity contribution >= 4 is 51.0 Å². The molecule has 0 radical (unpaired) electrons. The van der Waals surface area contributed by atoms with E-state index >= 15 is 0 Å². The van der Waals surface area contributed by atoms with E-state index in [1.807, 2.05) is 0 Å². The maximum absolute atomic E-state index is 13.0. The summed E-state index contributed by atoms with van der Waals surface area (Å²) in [5.41, 5.74) is 0.372. The number of carbonyl (C=O) groups excluding carboxylic acids is 3. The van der Waals surface area contributed by atoms with Crippen LogP contribution in [-0.4, -0.2) is 99.9 Å². The number of nitrogens with zero attached hydrogens (tertiary/aromatic N) is 3. The normalized spacial score (nSPS) is 22.8. The quantitative estimate of drug-likeness (QED) is 0.285. The topological polar surface area (TPSA) is 195 Å². The summed E-state index contributed by atoms with van der Waals surface area (Å²) in [5.74, 6) is -4.26. The molecule has 0 aromatic carbocycles. The lowest BCUT2D eigenvalue weighted by Crippen LogP contribution is -2.43. The Morgan fingerprint density at radius 3 is 2.00 bits per heavy atom. The molecular formula is C24H29N5O9S2. The van der Waals surface area contributed by atoms with Crippen molar-refractivity contribution < 1.29 is 42.6 Å². The van der Waals surface area contributed by atoms with Gasteiger partial charge in [-0.2, -0.15) is 0 Å². The van der Waals surface area contributed by atoms with Crippen LogP contribution in [0.4, 0.5) is 0 Å². The maximum Gasteiger partial charge on any atom is 0.326 e. The number of rotatable bonds is 10. The third-order valence-corrected chi connectivity index (χ3v) is 9.88. The van der Waals surface area contributed by atoms with Crippen molar-refractivity contribution in [2.45, 2.75) is 54.1 Å². The van der Waals surface area contributed by atoms with Gasteiger partial charge in [0, 0.05) is 57.7 Å². The van der Waals surface area contributed by atoms with Crippen molar-refractivity contribution in [2.75, 3.05) is 13.1 Å². The van der Waals surface area contributed by atoms with Gasteiger partial charge in [0.25, 0.3) is 5.91 Å². The number of carboxylic acids is 2. The summed E-state index contributed by atoms with van der Waals surface area (Å²) < 4.78 is 29.2. The highest BCUT2D eigenvalue weighted by atomic mass is 32.2. The molecule has 14 nitrogen and oxygen atoms in total. The minimum absolute atomic E-state index is 0.00946. The summed E-state index contributed by atoms with van der Waals surface area (Å²) in [6.45, 7) is -0.252. The predicted octanol–water partition coefficient (Wildman–Crippen LogP) is -0.317. The van der Waals surface area contributed by atoms with Gasteiger partial charge < -0.3 is 29.9 Å². The van der Waals surface area contributed by atoms with Crippen LogP contribution in [0.5, 0.6) is 0 Å². The SMILES string of the molecule is Cn1cccc1C(=O)N[C@H]1C[C@@H](C(=O)O)N(C(=O)CCC(=O)N2C[C@@H](NS(=O)(=O)c3cccs3)C[C@H]2C(=O)O)C1. The van der Waals surface area contributed by atoms with Crippen molar-refractivity contribution in [1.82, 2.24) is 24.4 Å². The minimum atomic E-state index is -3.89. The molecule has 16 heteroatoms. The first kappa shape index (κ1) is 29.2. The molecule has 40 heavy (non-hydrogen) atoms. The molecule has 4 heterocycles. The lowest BCUT2D eigenvalue weighted by molar-refractivity contribution is -0.150. The average Bonchev–Trinajstić information content (AvgIpc) is 3.68. The van der Waals surface area contributed by atoms with Gasteiger partial charge in [-0.15, -0.1) is 11.3 Å². The number of carboxylic acid groups (broad SMARTS) is 2. The van der Waals surface area contributed by atoms with E-state index in [0.717, 1.165) is 21.1 Å². The molecule has 2 aliphatic heterocycles. The molecule has 2 saturated heterocycles. The number of hydrogen-bond donors (Lipinski definition) is 4. The van der Waals surface area contributed by atoms with Gasteiger partial charge in [-0.1, -0.05) is 6.07 Å². The van der Waals surface area contributed by atoms with E-state index in [2.05, 4.69) is 10.0 Å². The molecule has 2 aromatic heterocycles. The number of amides is 3. The van der Waals surface area contributed by atoms with Crippen molar-refractivity contribution in [3.8, 4) is 0 Å². The Morgan fingerprint density at radius 2 is 1.50 bits per heavy atom. The molecule has 3 amide bonds. The number of nitrogens with one attached hydrogen (secondary N) is 2. The number of aliphatic carboxylic acids is 2. The fraction of sp³-hybridized carbons (Fsp3) is 0.458. The van der Waals surface area contributed by atoms with Crippen LogP contribution in [0.2, 0.25) is 0 Å². The molecular weight excluding hydrogens is 566 g/mol. The Morgan fingerprint density at radius 1 is 0.925 bits per heavy atom. The highest BCUT2D eigenvalue weighted by Crippen LogP contribution is 2.25. The number of thiophene rings is 1. The van der Waals surface area contributed by atoms with Gasteiger partial charge in [0.15, 0.2) is 0 Å². The number of aromatic nitrogens is 1. The van der Waals surface area contributed by atoms with Crippen LogP contribution in [0.15, 0.2) is 40.1 Å². The third-order valence-electron chi connectivity index (χ3n) is 6.96. The van der Waals surface area contributed by atoms with Crippen LogP contribution in [0.1, 0.15) is 36.2 Å². The first-order valence-electron chi connectivity index (χ1n) is 12.4. The number of aryl methyl sites for hydroxylation is 1. The van der Waals surface area contributed by atoms with Crippen molar-refractivity contribution in [3.63, 3.8) is 0 Å². The molecule has 4 rings (SSSR count). The fourth-order valence-corrected chi connectivity index (χ4v) is 7.28. The molecule has 2 aliphatic rings.